The number of Topliss-reactive ketones (excluding diaryl/α,β-unsaturated/α-hetero) is 1. The number of aryl methyl sites for hydroxylation is 2. The summed E-state index contributed by atoms with van der Waals surface area (Å²) in [4.78, 5) is 35.9. The van der Waals surface area contributed by atoms with E-state index < -0.39 is 0 Å². The van der Waals surface area contributed by atoms with Crippen LogP contribution >= 0.6 is 0 Å². The molecule has 8 nitrogen and oxygen atoms in total. The molecule has 0 bridgehead atoms. The summed E-state index contributed by atoms with van der Waals surface area (Å²) in [7, 11) is 2.78. The van der Waals surface area contributed by atoms with E-state index in [2.05, 4.69) is 30.3 Å². The molecule has 0 amide bonds. The lowest BCUT2D eigenvalue weighted by atomic mass is 9.96. The molecule has 1 aliphatic heterocycles. The van der Waals surface area contributed by atoms with E-state index in [0.29, 0.717) is 56.8 Å². The molecular weight excluding hydrogens is 596 g/mol. The molecule has 8 heteroatoms. The van der Waals surface area contributed by atoms with Gasteiger partial charge in [0, 0.05) is 24.8 Å². The summed E-state index contributed by atoms with van der Waals surface area (Å²) in [5, 5.41) is 0. The molecule has 1 aliphatic rings. The fraction of sp³-hybridized carbons (Fsp3) is 0.462. The van der Waals surface area contributed by atoms with Gasteiger partial charge in [0.1, 0.15) is 17.2 Å². The maximum atomic E-state index is 12.6. The zero-order chi connectivity index (χ0) is 33.3. The minimum Gasteiger partial charge on any atom is -0.493 e. The van der Waals surface area contributed by atoms with Gasteiger partial charge < -0.3 is 23.7 Å². The van der Waals surface area contributed by atoms with Gasteiger partial charge in [0.25, 0.3) is 0 Å². The number of rotatable bonds is 20. The highest BCUT2D eigenvalue weighted by Gasteiger charge is 2.24. The van der Waals surface area contributed by atoms with Crippen LogP contribution in [0, 0.1) is 0 Å². The lowest BCUT2D eigenvalue weighted by molar-refractivity contribution is -0.141. The second-order valence-corrected chi connectivity index (χ2v) is 11.8. The van der Waals surface area contributed by atoms with Gasteiger partial charge in [0.2, 0.25) is 0 Å². The molecule has 0 unspecified atom stereocenters. The quantitative estimate of drug-likeness (QED) is 0.0925. The third-order valence-electron chi connectivity index (χ3n) is 8.47. The fourth-order valence-corrected chi connectivity index (χ4v) is 5.91. The summed E-state index contributed by atoms with van der Waals surface area (Å²) in [6.07, 6.45) is 9.60. The largest absolute Gasteiger partial charge is 0.493 e. The van der Waals surface area contributed by atoms with Crippen LogP contribution in [0.4, 0.5) is 0 Å². The molecule has 4 rings (SSSR count). The number of esters is 2. The first-order valence-corrected chi connectivity index (χ1v) is 16.9. The molecule has 0 fully saturated rings. The van der Waals surface area contributed by atoms with Gasteiger partial charge in [0.15, 0.2) is 5.78 Å². The molecule has 0 N–H and O–H groups in total. The molecule has 0 radical (unpaired) electrons. The van der Waals surface area contributed by atoms with Crippen molar-refractivity contribution in [1.29, 1.82) is 0 Å². The standard InChI is InChI=1S/C39H48O8/c1-43-37(41)20-12-27-46-35-19-11-17-30(31(35)22-24-38(42)44-2)16-8-3-4-9-26-45-36-23-21-32-34(40)25-28-47-39(32)33(36)18-10-15-29-13-6-5-7-14-29/h5-7,11,13-14,17,19,21,23H,3-4,8-10,12,15-16,18,20,22,24-28H2,1-2H3. The highest BCUT2D eigenvalue weighted by molar-refractivity contribution is 6.00. The number of carbonyl (C=O) groups is 3. The van der Waals surface area contributed by atoms with Crippen LogP contribution < -0.4 is 14.2 Å². The van der Waals surface area contributed by atoms with Gasteiger partial charge in [-0.3, -0.25) is 14.4 Å². The van der Waals surface area contributed by atoms with Gasteiger partial charge >= 0.3 is 11.9 Å². The first-order chi connectivity index (χ1) is 23.0. The smallest absolute Gasteiger partial charge is 0.305 e. The molecule has 1 heterocycles. The van der Waals surface area contributed by atoms with Crippen LogP contribution in [0.2, 0.25) is 0 Å². The van der Waals surface area contributed by atoms with Crippen LogP contribution in [0.5, 0.6) is 17.2 Å². The summed E-state index contributed by atoms with van der Waals surface area (Å²) >= 11 is 0. The van der Waals surface area contributed by atoms with E-state index in [9.17, 15) is 14.4 Å². The molecular formula is C39H48O8. The molecule has 3 aromatic carbocycles. The van der Waals surface area contributed by atoms with Gasteiger partial charge in [-0.15, -0.1) is 0 Å². The maximum Gasteiger partial charge on any atom is 0.305 e. The number of ketones is 1. The van der Waals surface area contributed by atoms with Crippen molar-refractivity contribution in [1.82, 2.24) is 0 Å². The minimum absolute atomic E-state index is 0.131. The Morgan fingerprint density at radius 1 is 0.660 bits per heavy atom. The molecule has 0 aliphatic carbocycles. The van der Waals surface area contributed by atoms with Crippen molar-refractivity contribution < 1.29 is 38.1 Å². The van der Waals surface area contributed by atoms with Crippen molar-refractivity contribution in [3.05, 3.63) is 88.5 Å². The van der Waals surface area contributed by atoms with Gasteiger partial charge in [0.05, 0.1) is 39.6 Å². The molecule has 47 heavy (non-hydrogen) atoms. The predicted molar refractivity (Wildman–Crippen MR) is 181 cm³/mol. The second-order valence-electron chi connectivity index (χ2n) is 11.8. The van der Waals surface area contributed by atoms with Gasteiger partial charge in [-0.25, -0.2) is 0 Å². The van der Waals surface area contributed by atoms with Crippen molar-refractivity contribution >= 4 is 17.7 Å². The normalized spacial score (nSPS) is 12.2. The number of carbonyl (C=O) groups excluding carboxylic acids is 3. The average molecular weight is 645 g/mol. The Kier molecular flexibility index (Phi) is 14.6. The van der Waals surface area contributed by atoms with E-state index in [0.717, 1.165) is 74.0 Å². The average Bonchev–Trinajstić information content (AvgIpc) is 3.10. The van der Waals surface area contributed by atoms with Crippen LogP contribution in [0.1, 0.15) is 90.4 Å². The van der Waals surface area contributed by atoms with E-state index in [1.165, 1.54) is 25.3 Å². The van der Waals surface area contributed by atoms with Crippen molar-refractivity contribution in [3.63, 3.8) is 0 Å². The van der Waals surface area contributed by atoms with E-state index in [4.69, 9.17) is 23.7 Å². The van der Waals surface area contributed by atoms with Gasteiger partial charge in [-0.05, 0) is 86.3 Å². The summed E-state index contributed by atoms with van der Waals surface area (Å²) in [5.74, 6) is 1.87. The summed E-state index contributed by atoms with van der Waals surface area (Å²) in [6, 6.07) is 20.2. The maximum absolute atomic E-state index is 12.6. The van der Waals surface area contributed by atoms with Gasteiger partial charge in [-0.1, -0.05) is 55.3 Å². The molecule has 0 saturated heterocycles. The van der Waals surface area contributed by atoms with Crippen LogP contribution in [0.3, 0.4) is 0 Å². The Labute approximate surface area is 278 Å². The van der Waals surface area contributed by atoms with Crippen LogP contribution in [-0.2, 0) is 44.7 Å². The van der Waals surface area contributed by atoms with E-state index >= 15 is 0 Å². The van der Waals surface area contributed by atoms with Crippen LogP contribution in [0.15, 0.2) is 60.7 Å². The van der Waals surface area contributed by atoms with Crippen molar-refractivity contribution in [3.8, 4) is 17.2 Å². The molecule has 0 aromatic heterocycles. The number of hydrogen-bond acceptors (Lipinski definition) is 8. The molecule has 252 valence electrons. The molecule has 3 aromatic rings. The lowest BCUT2D eigenvalue weighted by Crippen LogP contribution is -2.17. The second kappa shape index (κ2) is 19.4. The molecule has 0 spiro atoms. The first kappa shape index (κ1) is 35.5. The van der Waals surface area contributed by atoms with Crippen molar-refractivity contribution in [2.24, 2.45) is 0 Å². The topological polar surface area (TPSA) is 97.4 Å². The van der Waals surface area contributed by atoms with Crippen LogP contribution in [-0.4, -0.2) is 51.8 Å². The number of methoxy groups -OCH3 is 2. The number of hydrogen-bond donors (Lipinski definition) is 0. The number of fused-ring (bicyclic) bond motifs is 1. The number of unbranched alkanes of at least 4 members (excludes halogenated alkanes) is 3. The number of ether oxygens (including phenoxy) is 5. The van der Waals surface area contributed by atoms with Gasteiger partial charge in [-0.2, -0.15) is 0 Å². The highest BCUT2D eigenvalue weighted by Crippen LogP contribution is 2.37. The van der Waals surface area contributed by atoms with Crippen molar-refractivity contribution in [2.75, 3.05) is 34.0 Å². The lowest BCUT2D eigenvalue weighted by Gasteiger charge is -2.22. The SMILES string of the molecule is COC(=O)CCCOc1cccc(CCCCCCOc2ccc3c(c2CCCc2ccccc2)OCCC3=O)c1CCC(=O)OC. The third kappa shape index (κ3) is 11.2. The van der Waals surface area contributed by atoms with Crippen LogP contribution in [0.25, 0.3) is 0 Å². The predicted octanol–water partition coefficient (Wildman–Crippen LogP) is 7.45. The van der Waals surface area contributed by atoms with E-state index in [1.807, 2.05) is 30.3 Å². The summed E-state index contributed by atoms with van der Waals surface area (Å²) in [5.41, 5.74) is 5.15. The Morgan fingerprint density at radius 2 is 1.38 bits per heavy atom. The fourth-order valence-electron chi connectivity index (χ4n) is 5.91. The van der Waals surface area contributed by atoms with E-state index in [-0.39, 0.29) is 24.1 Å². The number of benzene rings is 3. The Hall–Kier alpha value is -4.33. The Balaban J connectivity index is 1.28. The monoisotopic (exact) mass is 644 g/mol. The molecule has 0 saturated carbocycles. The zero-order valence-corrected chi connectivity index (χ0v) is 27.9. The zero-order valence-electron chi connectivity index (χ0n) is 27.9. The van der Waals surface area contributed by atoms with E-state index in [1.54, 1.807) is 0 Å². The highest BCUT2D eigenvalue weighted by atomic mass is 16.5. The summed E-state index contributed by atoms with van der Waals surface area (Å²) < 4.78 is 27.9. The first-order valence-electron chi connectivity index (χ1n) is 16.9. The summed E-state index contributed by atoms with van der Waals surface area (Å²) in [6.45, 7) is 1.40. The molecule has 0 atom stereocenters. The minimum atomic E-state index is -0.258. The Bertz CT molecular complexity index is 1450. The third-order valence-corrected chi connectivity index (χ3v) is 8.47. The van der Waals surface area contributed by atoms with Crippen molar-refractivity contribution in [2.45, 2.75) is 83.5 Å². The Morgan fingerprint density at radius 3 is 2.17 bits per heavy atom.